The first-order valence-corrected chi connectivity index (χ1v) is 14.7. The molecular weight excluding hydrogens is 481 g/mol. The molecular formula is C30H23N3OPS+. The van der Waals surface area contributed by atoms with Crippen LogP contribution in [0.1, 0.15) is 0 Å². The maximum absolute atomic E-state index is 13.2. The van der Waals surface area contributed by atoms with Crippen molar-refractivity contribution >= 4 is 39.5 Å². The van der Waals surface area contributed by atoms with Crippen molar-refractivity contribution in [2.24, 2.45) is 0 Å². The number of hydrogen-bond acceptors (Lipinski definition) is 4. The second-order valence-electron chi connectivity index (χ2n) is 8.64. The Morgan fingerprint density at radius 2 is 1.28 bits per heavy atom. The number of benzene rings is 4. The lowest BCUT2D eigenvalue weighted by Gasteiger charge is -2.25. The average Bonchev–Trinajstić information content (AvgIpc) is 3.39. The summed E-state index contributed by atoms with van der Waals surface area (Å²) >= 11 is 1.43. The van der Waals surface area contributed by atoms with E-state index in [1.54, 1.807) is 6.07 Å². The van der Waals surface area contributed by atoms with E-state index in [4.69, 9.17) is 4.98 Å². The van der Waals surface area contributed by atoms with Crippen molar-refractivity contribution < 1.29 is 0 Å². The molecule has 0 amide bonds. The van der Waals surface area contributed by atoms with Gasteiger partial charge in [0.15, 0.2) is 0 Å². The monoisotopic (exact) mass is 504 g/mol. The maximum atomic E-state index is 13.2. The number of nitrogens with zero attached hydrogens (tertiary/aromatic N) is 3. The van der Waals surface area contributed by atoms with Crippen LogP contribution in [0.25, 0.3) is 26.8 Å². The Labute approximate surface area is 213 Å². The van der Waals surface area contributed by atoms with Gasteiger partial charge in [-0.2, -0.15) is 9.61 Å². The third-order valence-electron chi connectivity index (χ3n) is 6.47. The first-order chi connectivity index (χ1) is 17.6. The first-order valence-electron chi connectivity index (χ1n) is 11.7. The lowest BCUT2D eigenvalue weighted by molar-refractivity contribution is 0.905. The molecule has 6 rings (SSSR count). The molecule has 2 heterocycles. The summed E-state index contributed by atoms with van der Waals surface area (Å²) < 4.78 is 1.40. The zero-order chi connectivity index (χ0) is 24.5. The minimum Gasteiger partial charge on any atom is -0.267 e. The summed E-state index contributed by atoms with van der Waals surface area (Å²) in [5.41, 5.74) is 2.45. The quantitative estimate of drug-likeness (QED) is 0.295. The Bertz CT molecular complexity index is 1670. The van der Waals surface area contributed by atoms with Gasteiger partial charge in [-0.1, -0.05) is 90.2 Å². The largest absolute Gasteiger partial charge is 0.275 e. The van der Waals surface area contributed by atoms with Crippen LogP contribution in [0, 0.1) is 0 Å². The van der Waals surface area contributed by atoms with Crippen molar-refractivity contribution in [3.63, 3.8) is 0 Å². The fraction of sp³-hybridized carbons (Fsp3) is 0.0333. The summed E-state index contributed by atoms with van der Waals surface area (Å²) in [5, 5.41) is 9.09. The molecule has 0 bridgehead atoms. The van der Waals surface area contributed by atoms with Gasteiger partial charge in [0.1, 0.15) is 28.2 Å². The average molecular weight is 505 g/mol. The summed E-state index contributed by atoms with van der Waals surface area (Å²) in [4.78, 5) is 18.7. The van der Waals surface area contributed by atoms with Crippen LogP contribution in [0.15, 0.2) is 126 Å². The molecule has 0 saturated carbocycles. The number of hydrogen-bond donors (Lipinski definition) is 0. The van der Waals surface area contributed by atoms with E-state index in [1.807, 2.05) is 36.4 Å². The van der Waals surface area contributed by atoms with Gasteiger partial charge in [-0.25, -0.2) is 4.98 Å². The van der Waals surface area contributed by atoms with Gasteiger partial charge < -0.3 is 0 Å². The Morgan fingerprint density at radius 3 is 1.92 bits per heavy atom. The third-order valence-corrected chi connectivity index (χ3v) is 11.4. The van der Waals surface area contributed by atoms with Gasteiger partial charge in [-0.3, -0.25) is 4.79 Å². The van der Waals surface area contributed by atoms with Crippen LogP contribution in [0.2, 0.25) is 0 Å². The van der Waals surface area contributed by atoms with Crippen LogP contribution in [0.4, 0.5) is 0 Å². The second-order valence-corrected chi connectivity index (χ2v) is 13.1. The molecule has 0 spiro atoms. The van der Waals surface area contributed by atoms with Gasteiger partial charge in [0.05, 0.1) is 12.4 Å². The normalized spacial score (nSPS) is 11.6. The summed E-state index contributed by atoms with van der Waals surface area (Å²) in [6, 6.07) is 41.2. The molecule has 6 aromatic rings. The van der Waals surface area contributed by atoms with E-state index in [-0.39, 0.29) is 5.56 Å². The topological polar surface area (TPSA) is 47.3 Å². The van der Waals surface area contributed by atoms with E-state index in [2.05, 4.69) is 90.6 Å². The molecule has 0 aliphatic rings. The van der Waals surface area contributed by atoms with E-state index >= 15 is 0 Å². The van der Waals surface area contributed by atoms with Crippen molar-refractivity contribution in [1.82, 2.24) is 14.6 Å². The molecule has 0 atom stereocenters. The zero-order valence-electron chi connectivity index (χ0n) is 19.7. The van der Waals surface area contributed by atoms with E-state index in [1.165, 1.54) is 31.8 Å². The Hall–Kier alpha value is -3.92. The first kappa shape index (κ1) is 22.5. The minimum absolute atomic E-state index is 0.178. The van der Waals surface area contributed by atoms with Crippen LogP contribution in [-0.4, -0.2) is 21.3 Å². The van der Waals surface area contributed by atoms with Gasteiger partial charge in [-0.05, 0) is 36.4 Å². The molecule has 4 nitrogen and oxygen atoms in total. The highest BCUT2D eigenvalue weighted by atomic mass is 32.1. The summed E-state index contributed by atoms with van der Waals surface area (Å²) in [7, 11) is -2.01. The van der Waals surface area contributed by atoms with Crippen molar-refractivity contribution in [2.75, 3.05) is 6.66 Å². The predicted octanol–water partition coefficient (Wildman–Crippen LogP) is 5.41. The highest BCUT2D eigenvalue weighted by molar-refractivity contribution is 7.95. The molecule has 0 saturated heterocycles. The summed E-state index contributed by atoms with van der Waals surface area (Å²) in [5.74, 6) is 0. The van der Waals surface area contributed by atoms with Gasteiger partial charge in [0, 0.05) is 17.2 Å². The molecule has 0 aliphatic carbocycles. The summed E-state index contributed by atoms with van der Waals surface area (Å²) in [6.45, 7) is 2.35. The van der Waals surface area contributed by atoms with Crippen molar-refractivity contribution in [2.45, 2.75) is 0 Å². The Morgan fingerprint density at radius 1 is 0.722 bits per heavy atom. The van der Waals surface area contributed by atoms with Gasteiger partial charge in [-0.15, -0.1) is 0 Å². The van der Waals surface area contributed by atoms with Gasteiger partial charge in [0.2, 0.25) is 4.96 Å². The van der Waals surface area contributed by atoms with Crippen LogP contribution in [0.3, 0.4) is 0 Å². The molecule has 0 radical (unpaired) electrons. The Balaban J connectivity index is 1.57. The number of aromatic nitrogens is 3. The third kappa shape index (κ3) is 3.87. The van der Waals surface area contributed by atoms with Crippen LogP contribution >= 0.6 is 18.6 Å². The van der Waals surface area contributed by atoms with Crippen LogP contribution < -0.4 is 21.5 Å². The summed E-state index contributed by atoms with van der Waals surface area (Å²) in [6.07, 6.45) is 0. The predicted molar refractivity (Wildman–Crippen MR) is 153 cm³/mol. The van der Waals surface area contributed by atoms with Crippen molar-refractivity contribution in [3.05, 3.63) is 132 Å². The number of rotatable bonds is 5. The molecule has 6 heteroatoms. The van der Waals surface area contributed by atoms with E-state index in [0.29, 0.717) is 10.7 Å². The molecule has 4 aromatic carbocycles. The fourth-order valence-corrected chi connectivity index (χ4v) is 8.96. The highest BCUT2D eigenvalue weighted by Crippen LogP contribution is 2.53. The second kappa shape index (κ2) is 9.27. The molecule has 2 aromatic heterocycles. The highest BCUT2D eigenvalue weighted by Gasteiger charge is 2.42. The standard InChI is InChI=1S/C30H23N3OPS/c1-35(23-15-7-3-8-16-23,24-17-9-4-10-18-24)27-20-12-11-19-25(27)26-21-28(34)33-30(31-26)36-29(32-33)22-13-5-2-6-14-22/h2-21H,1H3/q+1. The SMILES string of the molecule is C[P+](c1ccccc1)(c1ccccc1)c1ccccc1-c1cc(=O)n2nc(-c3ccccc3)sc2n1. The molecule has 0 unspecified atom stereocenters. The van der Waals surface area contributed by atoms with Gasteiger partial charge >= 0.3 is 0 Å². The van der Waals surface area contributed by atoms with E-state index < -0.39 is 7.26 Å². The van der Waals surface area contributed by atoms with Crippen LogP contribution in [-0.2, 0) is 0 Å². The molecule has 0 aliphatic heterocycles. The lowest BCUT2D eigenvalue weighted by atomic mass is 10.1. The van der Waals surface area contributed by atoms with Crippen molar-refractivity contribution in [1.29, 1.82) is 0 Å². The minimum atomic E-state index is -2.01. The van der Waals surface area contributed by atoms with Crippen LogP contribution in [0.5, 0.6) is 0 Å². The van der Waals surface area contributed by atoms with E-state index in [9.17, 15) is 4.79 Å². The Kier molecular flexibility index (Phi) is 5.80. The molecule has 0 N–H and O–H groups in total. The van der Waals surface area contributed by atoms with E-state index in [0.717, 1.165) is 16.1 Å². The number of fused-ring (bicyclic) bond motifs is 1. The molecule has 36 heavy (non-hydrogen) atoms. The zero-order valence-corrected chi connectivity index (χ0v) is 21.4. The smallest absolute Gasteiger partial charge is 0.267 e. The fourth-order valence-electron chi connectivity index (χ4n) is 4.61. The van der Waals surface area contributed by atoms with Crippen molar-refractivity contribution in [3.8, 4) is 21.8 Å². The molecule has 174 valence electrons. The van der Waals surface area contributed by atoms with Gasteiger partial charge in [0.25, 0.3) is 5.56 Å². The lowest BCUT2D eigenvalue weighted by Crippen LogP contribution is -2.31. The maximum Gasteiger partial charge on any atom is 0.275 e. The molecule has 0 fully saturated rings.